The van der Waals surface area contributed by atoms with Gasteiger partial charge >= 0.3 is 12.1 Å². The van der Waals surface area contributed by atoms with Crippen LogP contribution in [0.2, 0.25) is 0 Å². The Balaban J connectivity index is 2.62. The first-order valence-corrected chi connectivity index (χ1v) is 4.41. The van der Waals surface area contributed by atoms with Gasteiger partial charge in [-0.2, -0.15) is 13.2 Å². The molecule has 1 aliphatic carbocycles. The molecule has 14 heavy (non-hydrogen) atoms. The highest BCUT2D eigenvalue weighted by Gasteiger charge is 2.66. The third kappa shape index (κ3) is 1.86. The van der Waals surface area contributed by atoms with Gasteiger partial charge in [0.2, 0.25) is 0 Å². The van der Waals surface area contributed by atoms with E-state index < -0.39 is 29.4 Å². The summed E-state index contributed by atoms with van der Waals surface area (Å²) in [5.74, 6) is -1.10. The molecule has 1 aliphatic rings. The maximum absolute atomic E-state index is 11.9. The van der Waals surface area contributed by atoms with Crippen LogP contribution in [0.1, 0.15) is 33.1 Å². The lowest BCUT2D eigenvalue weighted by Gasteiger charge is -2.16. The van der Waals surface area contributed by atoms with Crippen LogP contribution in [0.4, 0.5) is 13.2 Å². The van der Waals surface area contributed by atoms with Crippen LogP contribution in [0.5, 0.6) is 0 Å². The first-order valence-electron chi connectivity index (χ1n) is 4.41. The Kier molecular flexibility index (Phi) is 2.33. The van der Waals surface area contributed by atoms with Crippen LogP contribution in [-0.2, 0) is 4.79 Å². The molecule has 0 aliphatic heterocycles. The summed E-state index contributed by atoms with van der Waals surface area (Å²) in [5.41, 5.74) is -1.65. The van der Waals surface area contributed by atoms with E-state index in [-0.39, 0.29) is 6.42 Å². The molecule has 0 aromatic rings. The van der Waals surface area contributed by atoms with Gasteiger partial charge < -0.3 is 5.11 Å². The van der Waals surface area contributed by atoms with Gasteiger partial charge in [-0.15, -0.1) is 0 Å². The quantitative estimate of drug-likeness (QED) is 0.777. The van der Waals surface area contributed by atoms with Crippen LogP contribution in [0.15, 0.2) is 0 Å². The van der Waals surface area contributed by atoms with Crippen LogP contribution in [0, 0.1) is 10.8 Å². The van der Waals surface area contributed by atoms with Crippen molar-refractivity contribution in [3.63, 3.8) is 0 Å². The molecule has 0 heterocycles. The maximum Gasteiger partial charge on any atom is 0.389 e. The second kappa shape index (κ2) is 2.87. The Labute approximate surface area is 80.1 Å². The van der Waals surface area contributed by atoms with E-state index >= 15 is 0 Å². The third-order valence-corrected chi connectivity index (χ3v) is 3.16. The van der Waals surface area contributed by atoms with E-state index in [0.29, 0.717) is 6.42 Å². The fourth-order valence-electron chi connectivity index (χ4n) is 1.96. The lowest BCUT2D eigenvalue weighted by atomic mass is 9.91. The second-order valence-electron chi connectivity index (χ2n) is 4.56. The molecule has 1 unspecified atom stereocenters. The molecule has 0 radical (unpaired) electrons. The number of carboxylic acid groups (broad SMARTS) is 1. The second-order valence-corrected chi connectivity index (χ2v) is 4.56. The molecular weight excluding hydrogens is 197 g/mol. The van der Waals surface area contributed by atoms with Gasteiger partial charge in [-0.3, -0.25) is 4.79 Å². The molecule has 82 valence electrons. The summed E-state index contributed by atoms with van der Waals surface area (Å²) in [4.78, 5) is 10.8. The van der Waals surface area contributed by atoms with Gasteiger partial charge in [-0.05, 0) is 18.3 Å². The van der Waals surface area contributed by atoms with Crippen LogP contribution in [0.25, 0.3) is 0 Å². The zero-order valence-electron chi connectivity index (χ0n) is 8.11. The molecule has 0 amide bonds. The molecule has 0 aromatic carbocycles. The van der Waals surface area contributed by atoms with Crippen molar-refractivity contribution in [1.29, 1.82) is 0 Å². The van der Waals surface area contributed by atoms with Crippen molar-refractivity contribution in [1.82, 2.24) is 0 Å². The molecule has 1 rings (SSSR count). The molecule has 1 saturated carbocycles. The maximum atomic E-state index is 11.9. The molecular formula is C9H13F3O2. The van der Waals surface area contributed by atoms with Crippen LogP contribution >= 0.6 is 0 Å². The van der Waals surface area contributed by atoms with Gasteiger partial charge in [0.05, 0.1) is 5.41 Å². The zero-order valence-corrected chi connectivity index (χ0v) is 8.11. The first kappa shape index (κ1) is 11.3. The molecule has 1 fully saturated rings. The van der Waals surface area contributed by atoms with Gasteiger partial charge in [0.1, 0.15) is 0 Å². The first-order chi connectivity index (χ1) is 6.11. The van der Waals surface area contributed by atoms with Crippen molar-refractivity contribution >= 4 is 5.97 Å². The van der Waals surface area contributed by atoms with Crippen molar-refractivity contribution in [3.05, 3.63) is 0 Å². The summed E-state index contributed by atoms with van der Waals surface area (Å²) in [7, 11) is 0. The fourth-order valence-corrected chi connectivity index (χ4v) is 1.96. The predicted octanol–water partition coefficient (Wildman–Crippen LogP) is 2.83. The van der Waals surface area contributed by atoms with Crippen LogP contribution < -0.4 is 0 Å². The van der Waals surface area contributed by atoms with E-state index in [0.717, 1.165) is 0 Å². The van der Waals surface area contributed by atoms with Crippen molar-refractivity contribution in [2.45, 2.75) is 39.3 Å². The largest absolute Gasteiger partial charge is 0.481 e. The molecule has 0 aromatic heterocycles. The standard InChI is InChI=1S/C9H13F3O2/c1-7(2)5-8(7,6(13)14)3-4-9(10,11)12/h3-5H2,1-2H3,(H,13,14). The average Bonchev–Trinajstić information content (AvgIpc) is 2.49. The van der Waals surface area contributed by atoms with E-state index in [1.807, 2.05) is 0 Å². The van der Waals surface area contributed by atoms with Gasteiger partial charge in [0, 0.05) is 6.42 Å². The summed E-state index contributed by atoms with van der Waals surface area (Å²) in [5, 5.41) is 8.87. The molecule has 5 heteroatoms. The van der Waals surface area contributed by atoms with Crippen LogP contribution in [0.3, 0.4) is 0 Å². The number of aliphatic carboxylic acids is 1. The number of rotatable bonds is 3. The Morgan fingerprint density at radius 2 is 1.86 bits per heavy atom. The van der Waals surface area contributed by atoms with Gasteiger partial charge in [0.25, 0.3) is 0 Å². The predicted molar refractivity (Wildman–Crippen MR) is 43.8 cm³/mol. The minimum atomic E-state index is -4.26. The Morgan fingerprint density at radius 1 is 1.43 bits per heavy atom. The summed E-state index contributed by atoms with van der Waals surface area (Å²) in [6.45, 7) is 3.38. The molecule has 2 nitrogen and oxygen atoms in total. The molecule has 1 N–H and O–H groups in total. The van der Waals surface area contributed by atoms with Crippen molar-refractivity contribution in [3.8, 4) is 0 Å². The van der Waals surface area contributed by atoms with Crippen molar-refractivity contribution < 1.29 is 23.1 Å². The normalized spacial score (nSPS) is 30.1. The van der Waals surface area contributed by atoms with Gasteiger partial charge in [-0.25, -0.2) is 0 Å². The van der Waals surface area contributed by atoms with Crippen molar-refractivity contribution in [2.24, 2.45) is 10.8 Å². The molecule has 0 bridgehead atoms. The van der Waals surface area contributed by atoms with Gasteiger partial charge in [0.15, 0.2) is 0 Å². The molecule has 1 atom stereocenters. The highest BCUT2D eigenvalue weighted by atomic mass is 19.4. The van der Waals surface area contributed by atoms with Crippen LogP contribution in [-0.4, -0.2) is 17.3 Å². The summed E-state index contributed by atoms with van der Waals surface area (Å²) >= 11 is 0. The Morgan fingerprint density at radius 3 is 2.07 bits per heavy atom. The highest BCUT2D eigenvalue weighted by molar-refractivity contribution is 5.79. The van der Waals surface area contributed by atoms with Crippen molar-refractivity contribution in [2.75, 3.05) is 0 Å². The monoisotopic (exact) mass is 210 g/mol. The minimum Gasteiger partial charge on any atom is -0.481 e. The van der Waals surface area contributed by atoms with E-state index in [2.05, 4.69) is 0 Å². The number of carbonyl (C=O) groups is 1. The van der Waals surface area contributed by atoms with E-state index in [4.69, 9.17) is 5.11 Å². The average molecular weight is 210 g/mol. The number of hydrogen-bond acceptors (Lipinski definition) is 1. The lowest BCUT2D eigenvalue weighted by molar-refractivity contribution is -0.152. The zero-order chi connectivity index (χ0) is 11.2. The number of carboxylic acids is 1. The lowest BCUT2D eigenvalue weighted by Crippen LogP contribution is -2.23. The Bertz CT molecular complexity index is 257. The number of alkyl halides is 3. The molecule has 0 spiro atoms. The summed E-state index contributed by atoms with van der Waals surface area (Å²) < 4.78 is 35.8. The van der Waals surface area contributed by atoms with E-state index in [1.165, 1.54) is 0 Å². The minimum absolute atomic E-state index is 0.307. The number of halogens is 3. The van der Waals surface area contributed by atoms with Gasteiger partial charge in [-0.1, -0.05) is 13.8 Å². The fraction of sp³-hybridized carbons (Fsp3) is 0.889. The molecule has 0 saturated heterocycles. The highest BCUT2D eigenvalue weighted by Crippen LogP contribution is 2.66. The SMILES string of the molecule is CC1(C)CC1(CCC(F)(F)F)C(=O)O. The Hall–Kier alpha value is -0.740. The topological polar surface area (TPSA) is 37.3 Å². The van der Waals surface area contributed by atoms with E-state index in [9.17, 15) is 18.0 Å². The summed E-state index contributed by atoms with van der Waals surface area (Å²) in [6.07, 6.45) is -5.24. The third-order valence-electron chi connectivity index (χ3n) is 3.16. The smallest absolute Gasteiger partial charge is 0.389 e. The van der Waals surface area contributed by atoms with E-state index in [1.54, 1.807) is 13.8 Å². The number of hydrogen-bond donors (Lipinski definition) is 1. The summed E-state index contributed by atoms with van der Waals surface area (Å²) in [6, 6.07) is 0.